The molecule has 1 aliphatic heterocycles. The summed E-state index contributed by atoms with van der Waals surface area (Å²) in [5, 5.41) is 3.86. The van der Waals surface area contributed by atoms with Gasteiger partial charge in [0.25, 0.3) is 12.4 Å². The number of nitrogens with two attached hydrogens (primary N) is 1. The van der Waals surface area contributed by atoms with Crippen LogP contribution in [0.3, 0.4) is 0 Å². The number of alkyl halides is 5. The molecule has 0 fully saturated rings. The van der Waals surface area contributed by atoms with E-state index in [2.05, 4.69) is 24.9 Å². The Labute approximate surface area is 193 Å². The largest absolute Gasteiger partial charge is 0.470 e. The molecule has 2 aromatic heterocycles. The summed E-state index contributed by atoms with van der Waals surface area (Å²) in [5.41, 5.74) is 4.41. The predicted octanol–water partition coefficient (Wildman–Crippen LogP) is 4.46. The molecule has 0 aliphatic carbocycles. The van der Waals surface area contributed by atoms with Crippen molar-refractivity contribution in [3.63, 3.8) is 0 Å². The molecule has 0 spiro atoms. The second-order valence-electron chi connectivity index (χ2n) is 7.79. The van der Waals surface area contributed by atoms with E-state index in [9.17, 15) is 26.3 Å². The Balaban J connectivity index is 1.61. The van der Waals surface area contributed by atoms with Gasteiger partial charge in [-0.15, -0.1) is 0 Å². The first-order valence-corrected chi connectivity index (χ1v) is 10.0. The van der Waals surface area contributed by atoms with Gasteiger partial charge in [-0.1, -0.05) is 5.16 Å². The number of hydrogen-bond acceptors (Lipinski definition) is 8. The summed E-state index contributed by atoms with van der Waals surface area (Å²) in [4.78, 5) is 11.8. The van der Waals surface area contributed by atoms with Gasteiger partial charge >= 0.3 is 6.18 Å². The molecule has 0 saturated carbocycles. The molecule has 2 atom stereocenters. The highest BCUT2D eigenvalue weighted by Crippen LogP contribution is 2.42. The number of aliphatic imine (C=N–C) groups is 1. The van der Waals surface area contributed by atoms with Crippen LogP contribution < -0.4 is 10.5 Å². The van der Waals surface area contributed by atoms with Gasteiger partial charge in [0, 0.05) is 23.6 Å². The zero-order valence-corrected chi connectivity index (χ0v) is 17.9. The van der Waals surface area contributed by atoms with Crippen molar-refractivity contribution in [1.82, 2.24) is 15.1 Å². The summed E-state index contributed by atoms with van der Waals surface area (Å²) in [6, 6.07) is 4.46. The van der Waals surface area contributed by atoms with E-state index in [0.717, 1.165) is 12.3 Å². The Morgan fingerprint density at radius 3 is 2.60 bits per heavy atom. The number of rotatable bonds is 6. The fourth-order valence-corrected chi connectivity index (χ4v) is 3.51. The molecule has 0 radical (unpaired) electrons. The van der Waals surface area contributed by atoms with E-state index >= 15 is 0 Å². The van der Waals surface area contributed by atoms with E-state index < -0.39 is 49.1 Å². The van der Waals surface area contributed by atoms with E-state index in [0.29, 0.717) is 5.56 Å². The van der Waals surface area contributed by atoms with E-state index in [1.54, 1.807) is 0 Å². The Bertz CT molecular complexity index is 1230. The predicted molar refractivity (Wildman–Crippen MR) is 109 cm³/mol. The third-order valence-electron chi connectivity index (χ3n) is 5.16. The first-order chi connectivity index (χ1) is 16.4. The quantitative estimate of drug-likeness (QED) is 0.497. The maximum absolute atomic E-state index is 14.7. The summed E-state index contributed by atoms with van der Waals surface area (Å²) >= 11 is 0. The van der Waals surface area contributed by atoms with Gasteiger partial charge in [0.1, 0.15) is 17.2 Å². The molecule has 3 aromatic rings. The second kappa shape index (κ2) is 9.07. The monoisotopic (exact) mass is 501 g/mol. The van der Waals surface area contributed by atoms with Gasteiger partial charge in [-0.25, -0.2) is 28.1 Å². The maximum atomic E-state index is 14.7. The van der Waals surface area contributed by atoms with Gasteiger partial charge in [-0.3, -0.25) is 0 Å². The first kappa shape index (κ1) is 24.3. The highest BCUT2D eigenvalue weighted by molar-refractivity contribution is 5.73. The van der Waals surface area contributed by atoms with Crippen LogP contribution in [-0.2, 0) is 10.3 Å². The molecular weight excluding hydrogens is 484 g/mol. The molecule has 1 aliphatic rings. The lowest BCUT2D eigenvalue weighted by atomic mass is 9.84. The minimum absolute atomic E-state index is 0.109. The summed E-state index contributed by atoms with van der Waals surface area (Å²) in [5.74, 6) is -0.746. The summed E-state index contributed by atoms with van der Waals surface area (Å²) in [7, 11) is 0. The van der Waals surface area contributed by atoms with E-state index in [-0.39, 0.29) is 28.6 Å². The molecule has 4 rings (SSSR count). The average Bonchev–Trinajstić information content (AvgIpc) is 3.27. The summed E-state index contributed by atoms with van der Waals surface area (Å²) in [6.45, 7) is 0.488. The SMILES string of the molecule is C[C@@]1(c2cc(-c3cc(-c4cnc(OCC(F)F)cn4)no3)ccc2F)C[C@@H](C(F)(F)F)OC(N)=N1. The summed E-state index contributed by atoms with van der Waals surface area (Å²) < 4.78 is 93.7. The molecule has 1 aromatic carbocycles. The minimum Gasteiger partial charge on any atom is -0.470 e. The van der Waals surface area contributed by atoms with Crippen LogP contribution in [-0.4, -0.2) is 46.5 Å². The van der Waals surface area contributed by atoms with Crippen molar-refractivity contribution < 1.29 is 40.3 Å². The van der Waals surface area contributed by atoms with Gasteiger partial charge in [0.15, 0.2) is 18.5 Å². The van der Waals surface area contributed by atoms with Crippen LogP contribution in [0.1, 0.15) is 18.9 Å². The van der Waals surface area contributed by atoms with Crippen LogP contribution >= 0.6 is 0 Å². The first-order valence-electron chi connectivity index (χ1n) is 10.0. The van der Waals surface area contributed by atoms with Gasteiger partial charge in [-0.2, -0.15) is 13.2 Å². The number of halogens is 6. The highest BCUT2D eigenvalue weighted by Gasteiger charge is 2.50. The van der Waals surface area contributed by atoms with E-state index in [1.165, 1.54) is 31.3 Å². The van der Waals surface area contributed by atoms with Crippen LogP contribution in [0.25, 0.3) is 22.7 Å². The lowest BCUT2D eigenvalue weighted by Gasteiger charge is -2.36. The maximum Gasteiger partial charge on any atom is 0.425 e. The molecular formula is C21H17F6N5O3. The molecule has 186 valence electrons. The molecule has 3 heterocycles. The number of aromatic nitrogens is 3. The molecule has 0 saturated heterocycles. The van der Waals surface area contributed by atoms with Crippen LogP contribution in [0.15, 0.2) is 46.2 Å². The Morgan fingerprint density at radius 1 is 1.17 bits per heavy atom. The minimum atomic E-state index is -4.73. The van der Waals surface area contributed by atoms with Crippen molar-refractivity contribution in [2.45, 2.75) is 37.6 Å². The fourth-order valence-electron chi connectivity index (χ4n) is 3.51. The summed E-state index contributed by atoms with van der Waals surface area (Å²) in [6.07, 6.45) is -7.97. The third-order valence-corrected chi connectivity index (χ3v) is 5.16. The van der Waals surface area contributed by atoms with Crippen molar-refractivity contribution >= 4 is 6.02 Å². The smallest absolute Gasteiger partial charge is 0.425 e. The molecule has 0 bridgehead atoms. The molecule has 14 heteroatoms. The number of benzene rings is 1. The molecule has 2 N–H and O–H groups in total. The molecule has 35 heavy (non-hydrogen) atoms. The lowest BCUT2D eigenvalue weighted by molar-refractivity contribution is -0.208. The number of hydrogen-bond donors (Lipinski definition) is 1. The fraction of sp³-hybridized carbons (Fsp3) is 0.333. The van der Waals surface area contributed by atoms with Gasteiger partial charge < -0.3 is 19.7 Å². The van der Waals surface area contributed by atoms with E-state index in [1.807, 2.05) is 0 Å². The van der Waals surface area contributed by atoms with Crippen LogP contribution in [0.2, 0.25) is 0 Å². The number of ether oxygens (including phenoxy) is 2. The van der Waals surface area contributed by atoms with Crippen LogP contribution in [0.4, 0.5) is 26.3 Å². The van der Waals surface area contributed by atoms with Gasteiger partial charge in [0.2, 0.25) is 5.88 Å². The molecule has 8 nitrogen and oxygen atoms in total. The van der Waals surface area contributed by atoms with Crippen molar-refractivity contribution in [1.29, 1.82) is 0 Å². The Hall–Kier alpha value is -3.84. The van der Waals surface area contributed by atoms with Gasteiger partial charge in [0.05, 0.1) is 17.9 Å². The van der Waals surface area contributed by atoms with E-state index in [4.69, 9.17) is 15.0 Å². The van der Waals surface area contributed by atoms with Gasteiger partial charge in [-0.05, 0) is 25.1 Å². The van der Waals surface area contributed by atoms with Crippen molar-refractivity contribution in [2.24, 2.45) is 10.7 Å². The van der Waals surface area contributed by atoms with Crippen molar-refractivity contribution in [2.75, 3.05) is 6.61 Å². The Morgan fingerprint density at radius 2 is 1.94 bits per heavy atom. The number of nitrogens with zero attached hydrogens (tertiary/aromatic N) is 4. The van der Waals surface area contributed by atoms with Crippen molar-refractivity contribution in [3.8, 4) is 28.6 Å². The normalized spacial score (nSPS) is 20.5. The lowest BCUT2D eigenvalue weighted by Crippen LogP contribution is -2.46. The topological polar surface area (TPSA) is 109 Å². The second-order valence-corrected chi connectivity index (χ2v) is 7.79. The number of amidine groups is 1. The molecule has 0 amide bonds. The van der Waals surface area contributed by atoms with Crippen molar-refractivity contribution in [3.05, 3.63) is 48.0 Å². The highest BCUT2D eigenvalue weighted by atomic mass is 19.4. The molecule has 0 unspecified atom stereocenters. The van der Waals surface area contributed by atoms with Crippen LogP contribution in [0, 0.1) is 5.82 Å². The Kier molecular flexibility index (Phi) is 6.30. The zero-order valence-electron chi connectivity index (χ0n) is 17.9. The third kappa shape index (κ3) is 5.30. The zero-order chi connectivity index (χ0) is 25.4. The standard InChI is InChI=1S/C21H17F6N5O3/c1-20(6-16(21(25,26)27)34-19(28)31-20)11-4-10(2-3-12(11)22)15-5-13(32-35-15)14-7-30-18(8-29-14)33-9-17(23)24/h2-5,7-8,16-17H,6,9H2,1H3,(H2,28,31)/t16-,20-/m0/s1. The van der Waals surface area contributed by atoms with Crippen LogP contribution in [0.5, 0.6) is 5.88 Å². The average molecular weight is 501 g/mol.